The Balaban J connectivity index is 1.82. The van der Waals surface area contributed by atoms with Crippen LogP contribution in [0.4, 0.5) is 0 Å². The molecular weight excluding hydrogens is 352 g/mol. The average molecular weight is 374 g/mol. The summed E-state index contributed by atoms with van der Waals surface area (Å²) in [5.74, 6) is -1.76. The van der Waals surface area contributed by atoms with Crippen LogP contribution in [-0.2, 0) is 20.7 Å². The highest BCUT2D eigenvalue weighted by atomic mass is 16.6. The van der Waals surface area contributed by atoms with Crippen LogP contribution >= 0.6 is 0 Å². The van der Waals surface area contributed by atoms with E-state index < -0.39 is 24.1 Å². The number of pyridine rings is 1. The third-order valence-corrected chi connectivity index (χ3v) is 3.83. The van der Waals surface area contributed by atoms with Crippen LogP contribution in [0.15, 0.2) is 36.7 Å². The van der Waals surface area contributed by atoms with Gasteiger partial charge >= 0.3 is 11.9 Å². The molecule has 1 heterocycles. The predicted molar refractivity (Wildman–Crippen MR) is 96.3 cm³/mol. The van der Waals surface area contributed by atoms with Gasteiger partial charge in [0.1, 0.15) is 18.8 Å². The number of benzene rings is 1. The number of carbonyl (C=O) groups excluding carboxylic acids is 2. The minimum Gasteiger partial charge on any atom is -0.504 e. The van der Waals surface area contributed by atoms with Gasteiger partial charge in [0.05, 0.1) is 5.56 Å². The summed E-state index contributed by atoms with van der Waals surface area (Å²) in [7, 11) is 0. The lowest BCUT2D eigenvalue weighted by molar-refractivity contribution is -0.148. The van der Waals surface area contributed by atoms with Crippen molar-refractivity contribution in [1.82, 2.24) is 4.98 Å². The number of nitrogens with two attached hydrogens (primary N) is 1. The Morgan fingerprint density at radius 2 is 1.96 bits per heavy atom. The van der Waals surface area contributed by atoms with Crippen LogP contribution in [0.2, 0.25) is 0 Å². The Morgan fingerprint density at radius 3 is 2.63 bits per heavy atom. The number of phenolic OH excluding ortho intramolecular Hbond substituents is 2. The predicted octanol–water partition coefficient (Wildman–Crippen LogP) is 1.46. The summed E-state index contributed by atoms with van der Waals surface area (Å²) in [4.78, 5) is 28.0. The van der Waals surface area contributed by atoms with Crippen molar-refractivity contribution >= 4 is 11.9 Å². The molecule has 1 aromatic carbocycles. The van der Waals surface area contributed by atoms with Gasteiger partial charge in [0, 0.05) is 12.4 Å². The zero-order valence-corrected chi connectivity index (χ0v) is 15.1. The molecule has 2 atom stereocenters. The maximum atomic E-state index is 12.1. The lowest BCUT2D eigenvalue weighted by Gasteiger charge is -2.16. The Morgan fingerprint density at radius 1 is 1.22 bits per heavy atom. The molecule has 0 aliphatic carbocycles. The van der Waals surface area contributed by atoms with Crippen LogP contribution in [0.1, 0.15) is 28.4 Å². The van der Waals surface area contributed by atoms with Gasteiger partial charge in [0.15, 0.2) is 11.5 Å². The van der Waals surface area contributed by atoms with Crippen molar-refractivity contribution < 1.29 is 29.3 Å². The number of carbonyl (C=O) groups is 2. The number of hydrogen-bond acceptors (Lipinski definition) is 8. The molecule has 8 nitrogen and oxygen atoms in total. The number of esters is 2. The maximum Gasteiger partial charge on any atom is 0.340 e. The van der Waals surface area contributed by atoms with Gasteiger partial charge < -0.3 is 25.4 Å². The van der Waals surface area contributed by atoms with Crippen molar-refractivity contribution in [2.75, 3.05) is 6.61 Å². The second kappa shape index (κ2) is 9.00. The van der Waals surface area contributed by atoms with Gasteiger partial charge in [-0.15, -0.1) is 0 Å². The molecule has 2 aromatic rings. The molecule has 0 spiro atoms. The van der Waals surface area contributed by atoms with E-state index >= 15 is 0 Å². The van der Waals surface area contributed by atoms with E-state index in [1.807, 2.05) is 0 Å². The maximum absolute atomic E-state index is 12.1. The number of aryl methyl sites for hydroxylation is 1. The second-order valence-corrected chi connectivity index (χ2v) is 6.17. The highest BCUT2D eigenvalue weighted by molar-refractivity contribution is 5.90. The third kappa shape index (κ3) is 5.68. The number of phenols is 2. The number of hydrogen-bond donors (Lipinski definition) is 3. The highest BCUT2D eigenvalue weighted by Crippen LogP contribution is 2.25. The molecule has 0 unspecified atom stereocenters. The molecule has 1 aromatic heterocycles. The minimum atomic E-state index is -0.961. The monoisotopic (exact) mass is 374 g/mol. The Kier molecular flexibility index (Phi) is 6.73. The first-order chi connectivity index (χ1) is 12.8. The average Bonchev–Trinajstić information content (AvgIpc) is 2.63. The van der Waals surface area contributed by atoms with Crippen molar-refractivity contribution in [3.8, 4) is 11.5 Å². The fourth-order valence-corrected chi connectivity index (χ4v) is 2.30. The van der Waals surface area contributed by atoms with Crippen LogP contribution in [0.3, 0.4) is 0 Å². The van der Waals surface area contributed by atoms with Crippen molar-refractivity contribution in [2.24, 2.45) is 5.73 Å². The smallest absolute Gasteiger partial charge is 0.340 e. The van der Waals surface area contributed by atoms with Crippen molar-refractivity contribution in [1.29, 1.82) is 0 Å². The van der Waals surface area contributed by atoms with Crippen molar-refractivity contribution in [2.45, 2.75) is 32.4 Å². The molecule has 0 bridgehead atoms. The fraction of sp³-hybridized carbons (Fsp3) is 0.316. The van der Waals surface area contributed by atoms with Crippen molar-refractivity contribution in [3.63, 3.8) is 0 Å². The van der Waals surface area contributed by atoms with E-state index in [9.17, 15) is 19.8 Å². The van der Waals surface area contributed by atoms with Crippen molar-refractivity contribution in [3.05, 3.63) is 53.3 Å². The van der Waals surface area contributed by atoms with Gasteiger partial charge in [0.25, 0.3) is 0 Å². The van der Waals surface area contributed by atoms with E-state index in [-0.39, 0.29) is 24.5 Å². The summed E-state index contributed by atoms with van der Waals surface area (Å²) in [6.45, 7) is 3.22. The minimum absolute atomic E-state index is 0.121. The second-order valence-electron chi connectivity index (χ2n) is 6.17. The van der Waals surface area contributed by atoms with Gasteiger partial charge in [0.2, 0.25) is 0 Å². The van der Waals surface area contributed by atoms with E-state index in [2.05, 4.69) is 4.98 Å². The lowest BCUT2D eigenvalue weighted by Crippen LogP contribution is -2.36. The molecule has 0 radical (unpaired) electrons. The Hall–Kier alpha value is -3.13. The number of ether oxygens (including phenoxy) is 2. The molecular formula is C19H22N2O6. The summed E-state index contributed by atoms with van der Waals surface area (Å²) < 4.78 is 10.3. The molecule has 27 heavy (non-hydrogen) atoms. The number of aromatic nitrogens is 1. The largest absolute Gasteiger partial charge is 0.504 e. The first-order valence-corrected chi connectivity index (χ1v) is 8.32. The van der Waals surface area contributed by atoms with Gasteiger partial charge in [-0.3, -0.25) is 9.78 Å². The molecule has 4 N–H and O–H groups in total. The number of rotatable bonds is 7. The zero-order chi connectivity index (χ0) is 20.0. The molecule has 144 valence electrons. The molecule has 0 aliphatic rings. The van der Waals surface area contributed by atoms with Gasteiger partial charge in [-0.2, -0.15) is 0 Å². The third-order valence-electron chi connectivity index (χ3n) is 3.83. The van der Waals surface area contributed by atoms with Crippen LogP contribution in [0.5, 0.6) is 11.5 Å². The highest BCUT2D eigenvalue weighted by Gasteiger charge is 2.20. The van der Waals surface area contributed by atoms with E-state index in [4.69, 9.17) is 15.2 Å². The molecule has 0 amide bonds. The number of nitrogens with zero attached hydrogens (tertiary/aromatic N) is 1. The van der Waals surface area contributed by atoms with E-state index in [0.717, 1.165) is 5.56 Å². The zero-order valence-electron chi connectivity index (χ0n) is 15.1. The molecule has 0 aliphatic heterocycles. The topological polar surface area (TPSA) is 132 Å². The lowest BCUT2D eigenvalue weighted by atomic mass is 10.1. The van der Waals surface area contributed by atoms with E-state index in [1.54, 1.807) is 32.2 Å². The Bertz CT molecular complexity index is 824. The quantitative estimate of drug-likeness (QED) is 0.490. The summed E-state index contributed by atoms with van der Waals surface area (Å²) >= 11 is 0. The molecule has 0 fully saturated rings. The normalized spacial score (nSPS) is 12.9. The standard InChI is InChI=1S/C19H22N2O6/c1-11-5-6-21-9-14(11)18(24)27-12(2)10-26-19(25)15(20)7-13-3-4-16(22)17(23)8-13/h3-6,8-9,12,15,22-23H,7,10,20H2,1-2H3/t12-,15-/m0/s1. The van der Waals surface area contributed by atoms with E-state index in [1.165, 1.54) is 18.3 Å². The molecule has 0 saturated carbocycles. The van der Waals surface area contributed by atoms with Gasteiger partial charge in [-0.25, -0.2) is 4.79 Å². The van der Waals surface area contributed by atoms with Crippen LogP contribution in [0.25, 0.3) is 0 Å². The molecule has 2 rings (SSSR count). The van der Waals surface area contributed by atoms with Crippen LogP contribution in [0, 0.1) is 6.92 Å². The Labute approximate surface area is 156 Å². The summed E-state index contributed by atoms with van der Waals surface area (Å²) in [6, 6.07) is 4.91. The number of aromatic hydroxyl groups is 2. The molecule has 0 saturated heterocycles. The van der Waals surface area contributed by atoms with Gasteiger partial charge in [-0.1, -0.05) is 6.07 Å². The van der Waals surface area contributed by atoms with Gasteiger partial charge in [-0.05, 0) is 49.6 Å². The molecule has 8 heteroatoms. The fourth-order valence-electron chi connectivity index (χ4n) is 2.30. The SMILES string of the molecule is Cc1ccncc1C(=O)O[C@@H](C)COC(=O)[C@@H](N)Cc1ccc(O)c(O)c1. The van der Waals surface area contributed by atoms with Crippen LogP contribution < -0.4 is 5.73 Å². The summed E-state index contributed by atoms with van der Waals surface area (Å²) in [5.41, 5.74) is 7.45. The first kappa shape index (κ1) is 20.2. The van der Waals surface area contributed by atoms with Crippen LogP contribution in [-0.4, -0.2) is 45.9 Å². The summed E-state index contributed by atoms with van der Waals surface area (Å²) in [5, 5.41) is 18.8. The van der Waals surface area contributed by atoms with E-state index in [0.29, 0.717) is 11.1 Å². The summed E-state index contributed by atoms with van der Waals surface area (Å²) in [6.07, 6.45) is 2.45. The first-order valence-electron chi connectivity index (χ1n) is 8.32.